The lowest BCUT2D eigenvalue weighted by atomic mass is 9.98. The molecule has 0 saturated carbocycles. The van der Waals surface area contributed by atoms with Gasteiger partial charge in [0, 0.05) is 17.4 Å². The maximum atomic E-state index is 13.8. The predicted octanol–water partition coefficient (Wildman–Crippen LogP) is 5.48. The summed E-state index contributed by atoms with van der Waals surface area (Å²) in [5.41, 5.74) is 0.316. The van der Waals surface area contributed by atoms with Crippen molar-refractivity contribution >= 4 is 5.97 Å². The average Bonchev–Trinajstić information content (AvgIpc) is 2.96. The summed E-state index contributed by atoms with van der Waals surface area (Å²) in [5, 5.41) is 9.56. The molecule has 3 nitrogen and oxygen atoms in total. The second-order valence-corrected chi connectivity index (χ2v) is 6.09. The number of carboxylic acid groups (broad SMARTS) is 1. The monoisotopic (exact) mass is 359 g/mol. The van der Waals surface area contributed by atoms with E-state index in [4.69, 9.17) is 0 Å². The van der Waals surface area contributed by atoms with Crippen LogP contribution in [0.1, 0.15) is 27.2 Å². The Kier molecular flexibility index (Phi) is 4.36. The van der Waals surface area contributed by atoms with Gasteiger partial charge in [0.2, 0.25) is 0 Å². The highest BCUT2D eigenvalue weighted by molar-refractivity contribution is 5.98. The molecular weight excluding hydrogens is 343 g/mol. The van der Waals surface area contributed by atoms with Crippen LogP contribution in [0, 0.1) is 13.8 Å². The number of rotatable bonds is 3. The number of aromatic nitrogens is 1. The van der Waals surface area contributed by atoms with E-state index in [9.17, 15) is 23.1 Å². The van der Waals surface area contributed by atoms with Crippen LogP contribution in [-0.4, -0.2) is 15.6 Å². The third-order valence-corrected chi connectivity index (χ3v) is 4.20. The van der Waals surface area contributed by atoms with Crippen molar-refractivity contribution in [2.24, 2.45) is 0 Å². The summed E-state index contributed by atoms with van der Waals surface area (Å²) in [5.74, 6) is -1.61. The zero-order chi connectivity index (χ0) is 19.1. The van der Waals surface area contributed by atoms with Crippen LogP contribution < -0.4 is 0 Å². The zero-order valence-corrected chi connectivity index (χ0v) is 14.1. The lowest BCUT2D eigenvalue weighted by Crippen LogP contribution is -2.17. The van der Waals surface area contributed by atoms with E-state index in [1.165, 1.54) is 12.3 Å². The Morgan fingerprint density at radius 3 is 2.27 bits per heavy atom. The molecule has 0 unspecified atom stereocenters. The number of aromatic carboxylic acids is 1. The number of hydrogen-bond donors (Lipinski definition) is 1. The van der Waals surface area contributed by atoms with Crippen molar-refractivity contribution in [3.05, 3.63) is 77.1 Å². The molecule has 3 rings (SSSR count). The molecule has 0 amide bonds. The molecule has 3 aromatic rings. The van der Waals surface area contributed by atoms with Crippen LogP contribution in [0.5, 0.6) is 0 Å². The van der Waals surface area contributed by atoms with Crippen LogP contribution in [0.15, 0.2) is 54.7 Å². The fourth-order valence-corrected chi connectivity index (χ4v) is 3.06. The van der Waals surface area contributed by atoms with E-state index in [0.29, 0.717) is 11.1 Å². The van der Waals surface area contributed by atoms with E-state index >= 15 is 0 Å². The van der Waals surface area contributed by atoms with E-state index in [0.717, 1.165) is 10.1 Å². The predicted molar refractivity (Wildman–Crippen MR) is 92.6 cm³/mol. The lowest BCUT2D eigenvalue weighted by Gasteiger charge is -2.13. The van der Waals surface area contributed by atoms with Gasteiger partial charge < -0.3 is 9.67 Å². The van der Waals surface area contributed by atoms with E-state index in [1.54, 1.807) is 56.3 Å². The fraction of sp³-hybridized carbons (Fsp3) is 0.150. The van der Waals surface area contributed by atoms with Crippen LogP contribution >= 0.6 is 0 Å². The molecule has 26 heavy (non-hydrogen) atoms. The minimum atomic E-state index is -4.82. The minimum absolute atomic E-state index is 0.0458. The Balaban J connectivity index is 2.41. The van der Waals surface area contributed by atoms with Gasteiger partial charge in [-0.1, -0.05) is 36.4 Å². The molecule has 0 spiro atoms. The lowest BCUT2D eigenvalue weighted by molar-refractivity contribution is -0.142. The second-order valence-electron chi connectivity index (χ2n) is 6.09. The molecule has 0 fully saturated rings. The smallest absolute Gasteiger partial charge is 0.432 e. The van der Waals surface area contributed by atoms with E-state index in [2.05, 4.69) is 0 Å². The molecule has 1 aromatic heterocycles. The molecule has 6 heteroatoms. The number of alkyl halides is 3. The van der Waals surface area contributed by atoms with Gasteiger partial charge in [0.05, 0.1) is 5.56 Å². The summed E-state index contributed by atoms with van der Waals surface area (Å²) >= 11 is 0. The summed E-state index contributed by atoms with van der Waals surface area (Å²) in [6.45, 7) is 3.50. The highest BCUT2D eigenvalue weighted by Gasteiger charge is 2.41. The molecular formula is C20H16F3NO2. The maximum absolute atomic E-state index is 13.8. The first-order chi connectivity index (χ1) is 12.2. The van der Waals surface area contributed by atoms with Gasteiger partial charge in [-0.15, -0.1) is 0 Å². The zero-order valence-electron chi connectivity index (χ0n) is 14.1. The average molecular weight is 359 g/mol. The van der Waals surface area contributed by atoms with Gasteiger partial charge in [-0.25, -0.2) is 4.79 Å². The molecule has 134 valence electrons. The topological polar surface area (TPSA) is 42.2 Å². The Labute approximate surface area is 148 Å². The third kappa shape index (κ3) is 3.10. The van der Waals surface area contributed by atoms with Crippen molar-refractivity contribution in [3.8, 4) is 16.8 Å². The molecule has 0 bridgehead atoms. The van der Waals surface area contributed by atoms with Crippen molar-refractivity contribution in [1.29, 1.82) is 0 Å². The summed E-state index contributed by atoms with van der Waals surface area (Å²) in [6, 6.07) is 13.3. The quantitative estimate of drug-likeness (QED) is 0.673. The van der Waals surface area contributed by atoms with E-state index in [1.807, 2.05) is 0 Å². The number of nitrogens with zero attached hydrogens (tertiary/aromatic N) is 1. The van der Waals surface area contributed by atoms with Gasteiger partial charge in [-0.3, -0.25) is 0 Å². The van der Waals surface area contributed by atoms with Crippen molar-refractivity contribution < 1.29 is 23.1 Å². The van der Waals surface area contributed by atoms with Crippen molar-refractivity contribution in [3.63, 3.8) is 0 Å². The van der Waals surface area contributed by atoms with E-state index in [-0.39, 0.29) is 11.3 Å². The molecule has 0 radical (unpaired) electrons. The van der Waals surface area contributed by atoms with Crippen LogP contribution in [0.25, 0.3) is 16.8 Å². The summed E-state index contributed by atoms with van der Waals surface area (Å²) in [6.07, 6.45) is -3.57. The van der Waals surface area contributed by atoms with Gasteiger partial charge >= 0.3 is 12.1 Å². The number of benzene rings is 2. The first kappa shape index (κ1) is 17.8. The van der Waals surface area contributed by atoms with Gasteiger partial charge in [0.1, 0.15) is 5.69 Å². The second kappa shape index (κ2) is 6.37. The highest BCUT2D eigenvalue weighted by Crippen LogP contribution is 2.40. The van der Waals surface area contributed by atoms with Gasteiger partial charge in [-0.05, 0) is 42.7 Å². The van der Waals surface area contributed by atoms with Gasteiger partial charge in [0.15, 0.2) is 0 Å². The van der Waals surface area contributed by atoms with Crippen LogP contribution in [-0.2, 0) is 6.18 Å². The molecule has 2 aromatic carbocycles. The third-order valence-electron chi connectivity index (χ3n) is 4.20. The van der Waals surface area contributed by atoms with Crippen molar-refractivity contribution in [1.82, 2.24) is 4.57 Å². The van der Waals surface area contributed by atoms with E-state index < -0.39 is 23.4 Å². The summed E-state index contributed by atoms with van der Waals surface area (Å²) < 4.78 is 42.3. The Morgan fingerprint density at radius 1 is 1.00 bits per heavy atom. The Hall–Kier alpha value is -3.02. The first-order valence-electron chi connectivity index (χ1n) is 7.89. The SMILES string of the molecule is Cc1cccc(-n2cc(-c3ccccc3C)c(C(=O)O)c2C(F)(F)F)c1. The molecule has 1 N–H and O–H groups in total. The summed E-state index contributed by atoms with van der Waals surface area (Å²) in [7, 11) is 0. The fourth-order valence-electron chi connectivity index (χ4n) is 3.06. The molecule has 0 atom stereocenters. The van der Waals surface area contributed by atoms with Crippen molar-refractivity contribution in [2.45, 2.75) is 20.0 Å². The number of halogens is 3. The molecule has 0 aliphatic carbocycles. The maximum Gasteiger partial charge on any atom is 0.432 e. The number of hydrogen-bond acceptors (Lipinski definition) is 1. The largest absolute Gasteiger partial charge is 0.478 e. The summed E-state index contributed by atoms with van der Waals surface area (Å²) in [4.78, 5) is 11.8. The van der Waals surface area contributed by atoms with Crippen LogP contribution in [0.3, 0.4) is 0 Å². The molecule has 1 heterocycles. The number of aryl methyl sites for hydroxylation is 2. The standard InChI is InChI=1S/C20H16F3NO2/c1-12-6-5-8-14(10-12)24-11-16(15-9-4-3-7-13(15)2)17(19(25)26)18(24)20(21,22)23/h3-11H,1-2H3,(H,25,26). The van der Waals surface area contributed by atoms with Crippen LogP contribution in [0.2, 0.25) is 0 Å². The molecule has 0 aliphatic heterocycles. The normalized spacial score (nSPS) is 11.6. The molecule has 0 saturated heterocycles. The van der Waals surface area contributed by atoms with Gasteiger partial charge in [-0.2, -0.15) is 13.2 Å². The van der Waals surface area contributed by atoms with Crippen LogP contribution in [0.4, 0.5) is 13.2 Å². The molecule has 0 aliphatic rings. The number of carboxylic acids is 1. The minimum Gasteiger partial charge on any atom is -0.478 e. The van der Waals surface area contributed by atoms with Crippen molar-refractivity contribution in [2.75, 3.05) is 0 Å². The Bertz CT molecular complexity index is 987. The first-order valence-corrected chi connectivity index (χ1v) is 7.89. The van der Waals surface area contributed by atoms with Gasteiger partial charge in [0.25, 0.3) is 0 Å². The Morgan fingerprint density at radius 2 is 1.69 bits per heavy atom. The number of carbonyl (C=O) groups is 1. The highest BCUT2D eigenvalue weighted by atomic mass is 19.4.